The summed E-state index contributed by atoms with van der Waals surface area (Å²) in [5.41, 5.74) is 2.34. The highest BCUT2D eigenvalue weighted by Crippen LogP contribution is 2.38. The summed E-state index contributed by atoms with van der Waals surface area (Å²) in [6.45, 7) is 2.82. The molecule has 0 aliphatic heterocycles. The Bertz CT molecular complexity index is 1240. The highest BCUT2D eigenvalue weighted by Gasteiger charge is 2.15. The quantitative estimate of drug-likeness (QED) is 0.234. The molecule has 0 atom stereocenters. The van der Waals surface area contributed by atoms with Gasteiger partial charge in [0.15, 0.2) is 11.5 Å². The van der Waals surface area contributed by atoms with Crippen molar-refractivity contribution in [3.8, 4) is 23.3 Å². The van der Waals surface area contributed by atoms with Crippen molar-refractivity contribution in [2.45, 2.75) is 20.1 Å². The van der Waals surface area contributed by atoms with E-state index in [2.05, 4.69) is 21.2 Å². The minimum atomic E-state index is -0.493. The number of amides is 1. The van der Waals surface area contributed by atoms with Gasteiger partial charge in [0, 0.05) is 11.0 Å². The number of methoxy groups -OCH3 is 1. The van der Waals surface area contributed by atoms with Gasteiger partial charge in [-0.05, 0) is 66.1 Å². The third kappa shape index (κ3) is 7.51. The van der Waals surface area contributed by atoms with Gasteiger partial charge in [0.1, 0.15) is 24.0 Å². The first kappa shape index (κ1) is 26.1. The van der Waals surface area contributed by atoms with Crippen LogP contribution in [0.4, 0.5) is 0 Å². The van der Waals surface area contributed by atoms with Crippen LogP contribution in [0.1, 0.15) is 23.6 Å². The van der Waals surface area contributed by atoms with E-state index < -0.39 is 5.91 Å². The molecule has 3 aromatic carbocycles. The lowest BCUT2D eigenvalue weighted by Crippen LogP contribution is -2.23. The summed E-state index contributed by atoms with van der Waals surface area (Å²) >= 11 is 9.91. The van der Waals surface area contributed by atoms with Crippen molar-refractivity contribution in [1.29, 1.82) is 5.26 Å². The normalized spacial score (nSPS) is 10.9. The molecule has 1 N–H and O–H groups in total. The van der Waals surface area contributed by atoms with E-state index in [1.165, 1.54) is 6.08 Å². The minimum Gasteiger partial charge on any atom is -0.497 e. The van der Waals surface area contributed by atoms with E-state index in [1.807, 2.05) is 49.4 Å². The smallest absolute Gasteiger partial charge is 0.262 e. The van der Waals surface area contributed by atoms with E-state index >= 15 is 0 Å². The van der Waals surface area contributed by atoms with Crippen LogP contribution < -0.4 is 19.5 Å². The van der Waals surface area contributed by atoms with Gasteiger partial charge in [-0.25, -0.2) is 0 Å². The fourth-order valence-electron chi connectivity index (χ4n) is 3.15. The molecule has 3 rings (SSSR count). The highest BCUT2D eigenvalue weighted by atomic mass is 79.9. The molecule has 0 radical (unpaired) electrons. The summed E-state index contributed by atoms with van der Waals surface area (Å²) in [7, 11) is 1.59. The van der Waals surface area contributed by atoms with Gasteiger partial charge < -0.3 is 19.5 Å². The largest absolute Gasteiger partial charge is 0.497 e. The van der Waals surface area contributed by atoms with Crippen molar-refractivity contribution in [1.82, 2.24) is 5.32 Å². The van der Waals surface area contributed by atoms with E-state index in [0.29, 0.717) is 35.3 Å². The number of halogens is 2. The molecular formula is C27H24BrClN2O4. The number of ether oxygens (including phenoxy) is 3. The average Bonchev–Trinajstić information content (AvgIpc) is 2.87. The molecule has 1 amide bonds. The first-order chi connectivity index (χ1) is 16.9. The summed E-state index contributed by atoms with van der Waals surface area (Å²) < 4.78 is 17.8. The Balaban J connectivity index is 1.75. The Morgan fingerprint density at radius 3 is 2.40 bits per heavy atom. The Kier molecular flexibility index (Phi) is 9.59. The van der Waals surface area contributed by atoms with Crippen molar-refractivity contribution in [2.24, 2.45) is 0 Å². The molecule has 0 aromatic heterocycles. The Morgan fingerprint density at radius 2 is 1.77 bits per heavy atom. The molecule has 0 spiro atoms. The SMILES string of the molecule is CCOc1cc(/C=C(/C#N)C(=O)NCc2ccc(OC)cc2)cc(Cl)c1OCc1ccc(Br)cc1. The number of carbonyl (C=O) groups excluding carboxylic acids is 1. The Labute approximate surface area is 218 Å². The summed E-state index contributed by atoms with van der Waals surface area (Å²) in [5, 5.41) is 12.6. The highest BCUT2D eigenvalue weighted by molar-refractivity contribution is 9.10. The fraction of sp³-hybridized carbons (Fsp3) is 0.185. The first-order valence-electron chi connectivity index (χ1n) is 10.8. The molecule has 35 heavy (non-hydrogen) atoms. The lowest BCUT2D eigenvalue weighted by atomic mass is 10.1. The zero-order chi connectivity index (χ0) is 25.2. The van der Waals surface area contributed by atoms with Crippen molar-refractivity contribution >= 4 is 39.5 Å². The molecule has 8 heteroatoms. The number of nitriles is 1. The first-order valence-corrected chi connectivity index (χ1v) is 12.0. The van der Waals surface area contributed by atoms with Crippen molar-refractivity contribution < 1.29 is 19.0 Å². The lowest BCUT2D eigenvalue weighted by molar-refractivity contribution is -0.117. The summed E-state index contributed by atoms with van der Waals surface area (Å²) in [5.74, 6) is 1.06. The second kappa shape index (κ2) is 12.8. The molecule has 0 saturated carbocycles. The van der Waals surface area contributed by atoms with Crippen LogP contribution in [0.15, 0.2) is 70.7 Å². The molecule has 0 saturated heterocycles. The van der Waals surface area contributed by atoms with Crippen LogP contribution in [-0.4, -0.2) is 19.6 Å². The average molecular weight is 556 g/mol. The molecule has 6 nitrogen and oxygen atoms in total. The Morgan fingerprint density at radius 1 is 1.09 bits per heavy atom. The standard InChI is InChI=1S/C27H24BrClN2O4/c1-3-34-25-14-20(13-24(29)26(25)35-17-19-4-8-22(28)9-5-19)12-21(15-30)27(32)31-16-18-6-10-23(33-2)11-7-18/h4-14H,3,16-17H2,1-2H3,(H,31,32)/b21-12-. The maximum atomic E-state index is 12.6. The zero-order valence-corrected chi connectivity index (χ0v) is 21.7. The van der Waals surface area contributed by atoms with Gasteiger partial charge in [-0.15, -0.1) is 0 Å². The number of rotatable bonds is 10. The van der Waals surface area contributed by atoms with Crippen LogP contribution >= 0.6 is 27.5 Å². The molecule has 0 unspecified atom stereocenters. The van der Waals surface area contributed by atoms with E-state index in [1.54, 1.807) is 31.4 Å². The number of nitrogens with one attached hydrogen (secondary N) is 1. The summed E-state index contributed by atoms with van der Waals surface area (Å²) in [6, 6.07) is 20.3. The van der Waals surface area contributed by atoms with Crippen LogP contribution in [0.5, 0.6) is 17.2 Å². The fourth-order valence-corrected chi connectivity index (χ4v) is 3.68. The van der Waals surface area contributed by atoms with Gasteiger partial charge in [-0.2, -0.15) is 5.26 Å². The van der Waals surface area contributed by atoms with Crippen LogP contribution in [0, 0.1) is 11.3 Å². The number of benzene rings is 3. The van der Waals surface area contributed by atoms with Crippen LogP contribution in [0.25, 0.3) is 6.08 Å². The van der Waals surface area contributed by atoms with Gasteiger partial charge in [0.25, 0.3) is 5.91 Å². The van der Waals surface area contributed by atoms with Crippen molar-refractivity contribution in [3.05, 3.63) is 92.4 Å². The van der Waals surface area contributed by atoms with Crippen LogP contribution in [-0.2, 0) is 17.9 Å². The van der Waals surface area contributed by atoms with E-state index in [0.717, 1.165) is 21.3 Å². The van der Waals surface area contributed by atoms with Gasteiger partial charge >= 0.3 is 0 Å². The van der Waals surface area contributed by atoms with Crippen molar-refractivity contribution in [3.63, 3.8) is 0 Å². The van der Waals surface area contributed by atoms with Crippen molar-refractivity contribution in [2.75, 3.05) is 13.7 Å². The van der Waals surface area contributed by atoms with E-state index in [-0.39, 0.29) is 12.1 Å². The predicted octanol–water partition coefficient (Wildman–Crippen LogP) is 6.31. The number of hydrogen-bond donors (Lipinski definition) is 1. The topological polar surface area (TPSA) is 80.6 Å². The maximum Gasteiger partial charge on any atom is 0.262 e. The molecule has 0 aliphatic carbocycles. The van der Waals surface area contributed by atoms with Gasteiger partial charge in [0.05, 0.1) is 18.7 Å². The monoisotopic (exact) mass is 554 g/mol. The zero-order valence-electron chi connectivity index (χ0n) is 19.3. The molecular weight excluding hydrogens is 532 g/mol. The van der Waals surface area contributed by atoms with Gasteiger partial charge in [0.2, 0.25) is 0 Å². The molecule has 0 fully saturated rings. The molecule has 0 bridgehead atoms. The predicted molar refractivity (Wildman–Crippen MR) is 140 cm³/mol. The molecule has 3 aromatic rings. The van der Waals surface area contributed by atoms with Crippen LogP contribution in [0.3, 0.4) is 0 Å². The lowest BCUT2D eigenvalue weighted by Gasteiger charge is -2.15. The molecule has 0 aliphatic rings. The number of nitrogens with zero attached hydrogens (tertiary/aromatic N) is 1. The molecule has 180 valence electrons. The number of carbonyl (C=O) groups is 1. The molecule has 0 heterocycles. The maximum absolute atomic E-state index is 12.6. The Hall–Kier alpha value is -3.47. The minimum absolute atomic E-state index is 0.0550. The third-order valence-corrected chi connectivity index (χ3v) is 5.73. The second-order valence-corrected chi connectivity index (χ2v) is 8.70. The van der Waals surface area contributed by atoms with E-state index in [4.69, 9.17) is 25.8 Å². The van der Waals surface area contributed by atoms with Crippen LogP contribution in [0.2, 0.25) is 5.02 Å². The number of hydrogen-bond acceptors (Lipinski definition) is 5. The summed E-state index contributed by atoms with van der Waals surface area (Å²) in [4.78, 5) is 12.6. The van der Waals surface area contributed by atoms with E-state index in [9.17, 15) is 10.1 Å². The summed E-state index contributed by atoms with van der Waals surface area (Å²) in [6.07, 6.45) is 1.47. The second-order valence-electron chi connectivity index (χ2n) is 7.38. The third-order valence-electron chi connectivity index (χ3n) is 4.92. The van der Waals surface area contributed by atoms with Gasteiger partial charge in [-0.1, -0.05) is 51.8 Å². The van der Waals surface area contributed by atoms with Gasteiger partial charge in [-0.3, -0.25) is 4.79 Å².